The lowest BCUT2D eigenvalue weighted by Gasteiger charge is -2.18. The molecule has 0 bridgehead atoms. The van der Waals surface area contributed by atoms with Crippen molar-refractivity contribution in [1.29, 1.82) is 0 Å². The first kappa shape index (κ1) is 12.9. The Balaban J connectivity index is 1.62. The highest BCUT2D eigenvalue weighted by atomic mass is 16.5. The molecule has 1 saturated heterocycles. The van der Waals surface area contributed by atoms with Crippen LogP contribution in [-0.4, -0.2) is 51.3 Å². The Morgan fingerprint density at radius 2 is 2.40 bits per heavy atom. The largest absolute Gasteiger partial charge is 0.480 e. The van der Waals surface area contributed by atoms with Gasteiger partial charge in [0, 0.05) is 18.9 Å². The van der Waals surface area contributed by atoms with Crippen LogP contribution in [-0.2, 0) is 11.3 Å². The van der Waals surface area contributed by atoms with Gasteiger partial charge in [-0.3, -0.25) is 4.98 Å². The fraction of sp³-hybridized carbons (Fsp3) is 0.500. The van der Waals surface area contributed by atoms with Crippen LogP contribution in [0.1, 0.15) is 11.7 Å². The molecule has 1 N–H and O–H groups in total. The predicted octanol–water partition coefficient (Wildman–Crippen LogP) is -0.194. The molecule has 0 aromatic carbocycles. The summed E-state index contributed by atoms with van der Waals surface area (Å²) in [5.74, 6) is 0.514. The molecule has 0 saturated carbocycles. The van der Waals surface area contributed by atoms with Crippen LogP contribution in [0.4, 0.5) is 0 Å². The summed E-state index contributed by atoms with van der Waals surface area (Å²) in [6, 6.07) is 0.320. The third-order valence-corrected chi connectivity index (χ3v) is 3.25. The molecule has 106 valence electrons. The molecule has 0 unspecified atom stereocenters. The van der Waals surface area contributed by atoms with Crippen LogP contribution in [0.25, 0.3) is 0 Å². The summed E-state index contributed by atoms with van der Waals surface area (Å²) in [7, 11) is 1.58. The van der Waals surface area contributed by atoms with Crippen molar-refractivity contribution >= 4 is 0 Å². The highest BCUT2D eigenvalue weighted by Crippen LogP contribution is 2.18. The molecule has 3 heterocycles. The molecule has 3 rings (SSSR count). The second-order valence-electron chi connectivity index (χ2n) is 4.53. The average molecular weight is 276 g/mol. The number of hydrogen-bond acceptors (Lipinski definition) is 7. The molecule has 2 atom stereocenters. The van der Waals surface area contributed by atoms with Gasteiger partial charge in [-0.05, 0) is 0 Å². The van der Waals surface area contributed by atoms with E-state index in [0.717, 1.165) is 5.69 Å². The van der Waals surface area contributed by atoms with E-state index in [2.05, 4.69) is 25.6 Å². The van der Waals surface area contributed by atoms with Gasteiger partial charge >= 0.3 is 0 Å². The van der Waals surface area contributed by atoms with Gasteiger partial charge in [0.05, 0.1) is 50.5 Å². The Morgan fingerprint density at radius 1 is 1.45 bits per heavy atom. The number of ether oxygens (including phenoxy) is 2. The van der Waals surface area contributed by atoms with Crippen molar-refractivity contribution < 1.29 is 9.47 Å². The van der Waals surface area contributed by atoms with E-state index in [0.29, 0.717) is 25.6 Å². The summed E-state index contributed by atoms with van der Waals surface area (Å²) >= 11 is 0. The molecule has 8 nitrogen and oxygen atoms in total. The number of nitrogens with one attached hydrogen (secondary N) is 1. The van der Waals surface area contributed by atoms with Gasteiger partial charge in [0.2, 0.25) is 5.88 Å². The Labute approximate surface area is 116 Å². The van der Waals surface area contributed by atoms with Gasteiger partial charge in [-0.15, -0.1) is 5.10 Å². The Kier molecular flexibility index (Phi) is 3.84. The SMILES string of the molecule is COc1cncc(CN[C@@H]2COC[C@@H]2n2ccnn2)n1. The van der Waals surface area contributed by atoms with Crippen LogP contribution in [0.3, 0.4) is 0 Å². The van der Waals surface area contributed by atoms with Gasteiger partial charge in [0.25, 0.3) is 0 Å². The molecule has 0 spiro atoms. The zero-order chi connectivity index (χ0) is 13.8. The first-order valence-electron chi connectivity index (χ1n) is 6.38. The van der Waals surface area contributed by atoms with Crippen LogP contribution >= 0.6 is 0 Å². The number of hydrogen-bond donors (Lipinski definition) is 1. The maximum atomic E-state index is 5.52. The smallest absolute Gasteiger partial charge is 0.232 e. The fourth-order valence-corrected chi connectivity index (χ4v) is 2.20. The lowest BCUT2D eigenvalue weighted by molar-refractivity contribution is 0.181. The van der Waals surface area contributed by atoms with Crippen molar-refractivity contribution in [3.8, 4) is 5.88 Å². The van der Waals surface area contributed by atoms with E-state index >= 15 is 0 Å². The summed E-state index contributed by atoms with van der Waals surface area (Å²) in [6.07, 6.45) is 6.82. The van der Waals surface area contributed by atoms with E-state index in [1.807, 2.05) is 10.9 Å². The molecule has 1 fully saturated rings. The molecule has 2 aromatic heterocycles. The molecule has 0 radical (unpaired) electrons. The summed E-state index contributed by atoms with van der Waals surface area (Å²) in [6.45, 7) is 1.87. The van der Waals surface area contributed by atoms with Gasteiger partial charge in [-0.2, -0.15) is 0 Å². The predicted molar refractivity (Wildman–Crippen MR) is 69.1 cm³/mol. The van der Waals surface area contributed by atoms with Crippen molar-refractivity contribution in [2.24, 2.45) is 0 Å². The number of rotatable bonds is 5. The lowest BCUT2D eigenvalue weighted by atomic mass is 10.1. The monoisotopic (exact) mass is 276 g/mol. The Morgan fingerprint density at radius 3 is 3.20 bits per heavy atom. The maximum absolute atomic E-state index is 5.52. The van der Waals surface area contributed by atoms with E-state index in [9.17, 15) is 0 Å². The fourth-order valence-electron chi connectivity index (χ4n) is 2.20. The minimum absolute atomic E-state index is 0.149. The molecule has 20 heavy (non-hydrogen) atoms. The second-order valence-corrected chi connectivity index (χ2v) is 4.53. The van der Waals surface area contributed by atoms with Gasteiger partial charge < -0.3 is 14.8 Å². The summed E-state index contributed by atoms with van der Waals surface area (Å²) < 4.78 is 12.4. The van der Waals surface area contributed by atoms with E-state index in [4.69, 9.17) is 9.47 Å². The van der Waals surface area contributed by atoms with E-state index in [1.165, 1.54) is 0 Å². The van der Waals surface area contributed by atoms with Gasteiger partial charge in [-0.1, -0.05) is 5.21 Å². The summed E-state index contributed by atoms with van der Waals surface area (Å²) in [5, 5.41) is 11.3. The number of methoxy groups -OCH3 is 1. The Bertz CT molecular complexity index is 547. The third-order valence-electron chi connectivity index (χ3n) is 3.25. The van der Waals surface area contributed by atoms with E-state index in [1.54, 1.807) is 25.7 Å². The second kappa shape index (κ2) is 5.93. The van der Waals surface area contributed by atoms with E-state index in [-0.39, 0.29) is 12.1 Å². The lowest BCUT2D eigenvalue weighted by Crippen LogP contribution is -2.37. The number of nitrogens with zero attached hydrogens (tertiary/aromatic N) is 5. The Hall–Kier alpha value is -2.06. The first-order chi connectivity index (χ1) is 9.86. The van der Waals surface area contributed by atoms with Crippen molar-refractivity contribution in [2.45, 2.75) is 18.6 Å². The summed E-state index contributed by atoms with van der Waals surface area (Å²) in [5.41, 5.74) is 0.827. The molecule has 1 aliphatic rings. The normalized spacial score (nSPS) is 22.1. The van der Waals surface area contributed by atoms with Crippen molar-refractivity contribution in [3.63, 3.8) is 0 Å². The molecular formula is C12H16N6O2. The first-order valence-corrected chi connectivity index (χ1v) is 6.38. The number of aromatic nitrogens is 5. The standard InChI is InChI=1S/C12H16N6O2/c1-19-12-6-13-4-9(16-12)5-14-10-7-20-8-11(10)18-3-2-15-17-18/h2-4,6,10-11,14H,5,7-8H2,1H3/t10-,11+/m1/s1. The molecule has 1 aliphatic heterocycles. The average Bonchev–Trinajstić information content (AvgIpc) is 3.16. The van der Waals surface area contributed by atoms with Crippen molar-refractivity contribution in [3.05, 3.63) is 30.5 Å². The molecule has 8 heteroatoms. The highest BCUT2D eigenvalue weighted by Gasteiger charge is 2.29. The quantitative estimate of drug-likeness (QED) is 0.809. The molecular weight excluding hydrogens is 260 g/mol. The van der Waals surface area contributed by atoms with Crippen molar-refractivity contribution in [1.82, 2.24) is 30.3 Å². The van der Waals surface area contributed by atoms with Crippen LogP contribution in [0.2, 0.25) is 0 Å². The third kappa shape index (κ3) is 2.75. The van der Waals surface area contributed by atoms with Crippen molar-refractivity contribution in [2.75, 3.05) is 20.3 Å². The molecule has 0 amide bonds. The van der Waals surface area contributed by atoms with Gasteiger partial charge in [0.15, 0.2) is 0 Å². The van der Waals surface area contributed by atoms with Gasteiger partial charge in [-0.25, -0.2) is 9.67 Å². The summed E-state index contributed by atoms with van der Waals surface area (Å²) in [4.78, 5) is 8.40. The molecule has 0 aliphatic carbocycles. The minimum atomic E-state index is 0.149. The van der Waals surface area contributed by atoms with Crippen LogP contribution in [0.5, 0.6) is 5.88 Å². The zero-order valence-electron chi connectivity index (χ0n) is 11.1. The van der Waals surface area contributed by atoms with Crippen LogP contribution in [0, 0.1) is 0 Å². The van der Waals surface area contributed by atoms with Crippen LogP contribution < -0.4 is 10.1 Å². The topological polar surface area (TPSA) is 87.0 Å². The zero-order valence-corrected chi connectivity index (χ0v) is 11.1. The van der Waals surface area contributed by atoms with Crippen LogP contribution in [0.15, 0.2) is 24.8 Å². The molecule has 2 aromatic rings. The maximum Gasteiger partial charge on any atom is 0.232 e. The van der Waals surface area contributed by atoms with Gasteiger partial charge in [0.1, 0.15) is 0 Å². The minimum Gasteiger partial charge on any atom is -0.480 e. The van der Waals surface area contributed by atoms with E-state index < -0.39 is 0 Å². The highest BCUT2D eigenvalue weighted by molar-refractivity contribution is 5.08.